The topological polar surface area (TPSA) is 27.1 Å². The summed E-state index contributed by atoms with van der Waals surface area (Å²) in [4.78, 5) is 0. The van der Waals surface area contributed by atoms with Gasteiger partial charge in [0.05, 0.1) is 12.8 Å². The van der Waals surface area contributed by atoms with E-state index in [9.17, 15) is 0 Å². The molecule has 2 aromatic rings. The van der Waals surface area contributed by atoms with E-state index in [4.69, 9.17) is 4.74 Å². The Hall–Kier alpha value is -1.29. The van der Waals surface area contributed by atoms with E-state index >= 15 is 0 Å². The monoisotopic (exact) mass is 292 g/mol. The van der Waals surface area contributed by atoms with Gasteiger partial charge in [-0.15, -0.1) is 0 Å². The van der Waals surface area contributed by atoms with Crippen LogP contribution in [0.2, 0.25) is 0 Å². The Morgan fingerprint density at radius 3 is 3.06 bits per heavy atom. The van der Waals surface area contributed by atoms with Crippen LogP contribution in [-0.4, -0.2) is 16.9 Å². The van der Waals surface area contributed by atoms with Gasteiger partial charge in [0.1, 0.15) is 10.4 Å². The summed E-state index contributed by atoms with van der Waals surface area (Å²) in [5.41, 5.74) is 3.74. The number of fused-ring (bicyclic) bond motifs is 1. The van der Waals surface area contributed by atoms with Crippen LogP contribution in [0.15, 0.2) is 28.9 Å². The summed E-state index contributed by atoms with van der Waals surface area (Å²) in [6, 6.07) is 8.01. The number of methoxy groups -OCH3 is 1. The molecule has 1 heterocycles. The van der Waals surface area contributed by atoms with E-state index in [1.165, 1.54) is 17.7 Å². The fourth-order valence-electron chi connectivity index (χ4n) is 2.35. The van der Waals surface area contributed by atoms with Crippen LogP contribution in [0.3, 0.4) is 0 Å². The van der Waals surface area contributed by atoms with Crippen LogP contribution >= 0.6 is 15.9 Å². The molecule has 1 aliphatic carbocycles. The van der Waals surface area contributed by atoms with Gasteiger partial charge in [-0.1, -0.05) is 6.07 Å². The molecule has 3 rings (SSSR count). The molecule has 1 aliphatic rings. The van der Waals surface area contributed by atoms with Gasteiger partial charge in [-0.25, -0.2) is 4.68 Å². The zero-order chi connectivity index (χ0) is 11.8. The molecule has 0 N–H and O–H groups in total. The van der Waals surface area contributed by atoms with Gasteiger partial charge < -0.3 is 4.74 Å². The van der Waals surface area contributed by atoms with Crippen molar-refractivity contribution in [2.24, 2.45) is 0 Å². The second-order valence-corrected chi connectivity index (χ2v) is 4.93. The number of aromatic nitrogens is 2. The zero-order valence-electron chi connectivity index (χ0n) is 9.61. The summed E-state index contributed by atoms with van der Waals surface area (Å²) >= 11 is 3.54. The van der Waals surface area contributed by atoms with Crippen molar-refractivity contribution in [2.45, 2.75) is 19.3 Å². The number of hydrogen-bond donors (Lipinski definition) is 0. The van der Waals surface area contributed by atoms with Crippen molar-refractivity contribution >= 4 is 15.9 Å². The number of ether oxygens (including phenoxy) is 1. The Morgan fingerprint density at radius 2 is 2.24 bits per heavy atom. The fraction of sp³-hybridized carbons (Fsp3) is 0.308. The maximum absolute atomic E-state index is 5.25. The first-order valence-corrected chi connectivity index (χ1v) is 6.49. The van der Waals surface area contributed by atoms with E-state index in [1.807, 2.05) is 22.9 Å². The second-order valence-electron chi connectivity index (χ2n) is 4.18. The van der Waals surface area contributed by atoms with Crippen molar-refractivity contribution < 1.29 is 4.74 Å². The van der Waals surface area contributed by atoms with Gasteiger partial charge in [0.25, 0.3) is 0 Å². The van der Waals surface area contributed by atoms with Crippen LogP contribution in [0.1, 0.15) is 17.7 Å². The highest BCUT2D eigenvalue weighted by Crippen LogP contribution is 2.31. The normalized spacial score (nSPS) is 13.8. The van der Waals surface area contributed by atoms with E-state index < -0.39 is 0 Å². The van der Waals surface area contributed by atoms with Gasteiger partial charge in [-0.2, -0.15) is 5.10 Å². The molecule has 17 heavy (non-hydrogen) atoms. The number of rotatable bonds is 2. The molecule has 0 radical (unpaired) electrons. The van der Waals surface area contributed by atoms with Gasteiger partial charge in [0.2, 0.25) is 0 Å². The third-order valence-corrected chi connectivity index (χ3v) is 3.82. The molecule has 0 saturated carbocycles. The molecule has 4 heteroatoms. The van der Waals surface area contributed by atoms with E-state index in [0.29, 0.717) is 0 Å². The van der Waals surface area contributed by atoms with Crippen molar-refractivity contribution in [3.05, 3.63) is 40.1 Å². The molecule has 0 fully saturated rings. The molecule has 0 saturated heterocycles. The first kappa shape index (κ1) is 10.8. The van der Waals surface area contributed by atoms with Crippen molar-refractivity contribution in [3.63, 3.8) is 0 Å². The zero-order valence-corrected chi connectivity index (χ0v) is 11.2. The van der Waals surface area contributed by atoms with Crippen LogP contribution in [0.25, 0.3) is 5.69 Å². The number of nitrogens with zero attached hydrogens (tertiary/aromatic N) is 2. The summed E-state index contributed by atoms with van der Waals surface area (Å²) in [6.07, 6.45) is 3.45. The van der Waals surface area contributed by atoms with Crippen LogP contribution in [0, 0.1) is 0 Å². The number of hydrogen-bond acceptors (Lipinski definition) is 2. The molecule has 0 unspecified atom stereocenters. The predicted octanol–water partition coefficient (Wildman–Crippen LogP) is 3.13. The fourth-order valence-corrected chi connectivity index (χ4v) is 2.93. The third kappa shape index (κ3) is 1.76. The number of benzene rings is 1. The van der Waals surface area contributed by atoms with Crippen LogP contribution < -0.4 is 4.74 Å². The summed E-state index contributed by atoms with van der Waals surface area (Å²) in [5, 5.41) is 4.56. The van der Waals surface area contributed by atoms with Gasteiger partial charge in [-0.3, -0.25) is 0 Å². The SMILES string of the molecule is COc1cccc(-n2nc(Br)c3c2CCC3)c1. The van der Waals surface area contributed by atoms with Gasteiger partial charge in [-0.05, 0) is 47.3 Å². The lowest BCUT2D eigenvalue weighted by atomic mass is 10.2. The highest BCUT2D eigenvalue weighted by atomic mass is 79.9. The van der Waals surface area contributed by atoms with E-state index in [1.54, 1.807) is 7.11 Å². The van der Waals surface area contributed by atoms with Crippen molar-refractivity contribution in [2.75, 3.05) is 7.11 Å². The minimum Gasteiger partial charge on any atom is -0.497 e. The highest BCUT2D eigenvalue weighted by molar-refractivity contribution is 9.10. The predicted molar refractivity (Wildman–Crippen MR) is 69.8 cm³/mol. The minimum absolute atomic E-state index is 0.862. The Balaban J connectivity index is 2.12. The molecule has 0 aliphatic heterocycles. The Morgan fingerprint density at radius 1 is 1.35 bits per heavy atom. The van der Waals surface area contributed by atoms with Crippen LogP contribution in [-0.2, 0) is 12.8 Å². The quantitative estimate of drug-likeness (QED) is 0.850. The lowest BCUT2D eigenvalue weighted by Gasteiger charge is -2.07. The molecule has 0 amide bonds. The van der Waals surface area contributed by atoms with Crippen molar-refractivity contribution in [1.82, 2.24) is 9.78 Å². The molecule has 0 bridgehead atoms. The largest absolute Gasteiger partial charge is 0.497 e. The smallest absolute Gasteiger partial charge is 0.132 e. The lowest BCUT2D eigenvalue weighted by molar-refractivity contribution is 0.414. The molecular formula is C13H13BrN2O. The minimum atomic E-state index is 0.862. The Labute approximate surface area is 109 Å². The molecule has 1 aromatic heterocycles. The average molecular weight is 293 g/mol. The van der Waals surface area contributed by atoms with Gasteiger partial charge in [0.15, 0.2) is 0 Å². The molecule has 88 valence electrons. The lowest BCUT2D eigenvalue weighted by Crippen LogP contribution is -2.01. The van der Waals surface area contributed by atoms with Gasteiger partial charge in [0, 0.05) is 17.3 Å². The summed E-state index contributed by atoms with van der Waals surface area (Å²) < 4.78 is 8.25. The Bertz CT molecular complexity index is 563. The van der Waals surface area contributed by atoms with Crippen molar-refractivity contribution in [1.29, 1.82) is 0 Å². The summed E-state index contributed by atoms with van der Waals surface area (Å²) in [7, 11) is 1.68. The van der Waals surface area contributed by atoms with Crippen molar-refractivity contribution in [3.8, 4) is 11.4 Å². The third-order valence-electron chi connectivity index (χ3n) is 3.18. The Kier molecular flexibility index (Phi) is 2.67. The van der Waals surface area contributed by atoms with E-state index in [2.05, 4.69) is 27.1 Å². The van der Waals surface area contributed by atoms with Crippen LogP contribution in [0.5, 0.6) is 5.75 Å². The summed E-state index contributed by atoms with van der Waals surface area (Å²) in [5.74, 6) is 0.862. The van der Waals surface area contributed by atoms with Gasteiger partial charge >= 0.3 is 0 Å². The maximum Gasteiger partial charge on any atom is 0.132 e. The second kappa shape index (κ2) is 4.18. The first-order chi connectivity index (χ1) is 8.29. The van der Waals surface area contributed by atoms with Crippen LogP contribution in [0.4, 0.5) is 0 Å². The molecule has 1 aromatic carbocycles. The first-order valence-electron chi connectivity index (χ1n) is 5.70. The summed E-state index contributed by atoms with van der Waals surface area (Å²) in [6.45, 7) is 0. The average Bonchev–Trinajstić information content (AvgIpc) is 2.94. The maximum atomic E-state index is 5.25. The highest BCUT2D eigenvalue weighted by Gasteiger charge is 2.21. The standard InChI is InChI=1S/C13H13BrN2O/c1-17-10-5-2-4-9(8-10)16-12-7-3-6-11(12)13(14)15-16/h2,4-5,8H,3,6-7H2,1H3. The van der Waals surface area contributed by atoms with E-state index in [0.717, 1.165) is 28.9 Å². The molecule has 0 atom stereocenters. The molecule has 3 nitrogen and oxygen atoms in total. The molecule has 0 spiro atoms. The van der Waals surface area contributed by atoms with E-state index in [-0.39, 0.29) is 0 Å². The number of halogens is 1. The molecular weight excluding hydrogens is 280 g/mol.